The third-order valence-electron chi connectivity index (χ3n) is 14.9. The van der Waals surface area contributed by atoms with Crippen LogP contribution in [0.25, 0.3) is 44.5 Å². The Kier molecular flexibility index (Phi) is 7.30. The van der Waals surface area contributed by atoms with E-state index in [4.69, 9.17) is 0 Å². The zero-order valence-electron chi connectivity index (χ0n) is 37.7. The van der Waals surface area contributed by atoms with Crippen LogP contribution in [0.2, 0.25) is 0 Å². The molecule has 0 fully saturated rings. The Balaban J connectivity index is 1.30. The van der Waals surface area contributed by atoms with Crippen molar-refractivity contribution in [3.8, 4) is 44.5 Å². The lowest BCUT2D eigenvalue weighted by molar-refractivity contribution is 0.586. The maximum atomic E-state index is 2.67. The molecule has 60 heavy (non-hydrogen) atoms. The molecule has 7 aromatic carbocycles. The average Bonchev–Trinajstić information content (AvgIpc) is 3.86. The number of rotatable bonds is 0. The van der Waals surface area contributed by atoms with Gasteiger partial charge in [0.25, 0.3) is 0 Å². The van der Waals surface area contributed by atoms with Crippen LogP contribution in [-0.4, -0.2) is 0 Å². The minimum Gasteiger partial charge on any atom is -0.0619 e. The first-order valence-electron chi connectivity index (χ1n) is 22.3. The Morgan fingerprint density at radius 2 is 0.467 bits per heavy atom. The van der Waals surface area contributed by atoms with E-state index in [1.54, 1.807) is 0 Å². The van der Waals surface area contributed by atoms with Gasteiger partial charge in [0.15, 0.2) is 0 Å². The third-order valence-corrected chi connectivity index (χ3v) is 14.9. The van der Waals surface area contributed by atoms with Gasteiger partial charge in [0.2, 0.25) is 0 Å². The van der Waals surface area contributed by atoms with Gasteiger partial charge < -0.3 is 0 Å². The minimum atomic E-state index is -0.455. The summed E-state index contributed by atoms with van der Waals surface area (Å²) in [5.74, 6) is 0. The molecule has 0 saturated carbocycles. The summed E-state index contributed by atoms with van der Waals surface area (Å²) in [7, 11) is 0. The highest BCUT2D eigenvalue weighted by atomic mass is 14.6. The first kappa shape index (κ1) is 37.5. The number of hydrogen-bond donors (Lipinski definition) is 0. The van der Waals surface area contributed by atoms with Crippen LogP contribution in [0.3, 0.4) is 0 Å². The van der Waals surface area contributed by atoms with Gasteiger partial charge in [-0.3, -0.25) is 0 Å². The van der Waals surface area contributed by atoms with Gasteiger partial charge in [0.05, 0.1) is 10.8 Å². The van der Waals surface area contributed by atoms with Crippen molar-refractivity contribution in [2.24, 2.45) is 0 Å². The van der Waals surface area contributed by atoms with Crippen LogP contribution in [0.4, 0.5) is 0 Å². The van der Waals surface area contributed by atoms with Crippen LogP contribution < -0.4 is 0 Å². The van der Waals surface area contributed by atoms with Gasteiger partial charge in [-0.15, -0.1) is 0 Å². The van der Waals surface area contributed by atoms with Gasteiger partial charge in [0, 0.05) is 0 Å². The van der Waals surface area contributed by atoms with E-state index in [1.807, 2.05) is 0 Å². The Morgan fingerprint density at radius 3 is 0.733 bits per heavy atom. The van der Waals surface area contributed by atoms with Gasteiger partial charge in [-0.1, -0.05) is 204 Å². The van der Waals surface area contributed by atoms with Crippen molar-refractivity contribution >= 4 is 0 Å². The molecule has 0 radical (unpaired) electrons. The van der Waals surface area contributed by atoms with Crippen molar-refractivity contribution < 1.29 is 0 Å². The van der Waals surface area contributed by atoms with Gasteiger partial charge in [-0.05, 0) is 145 Å². The van der Waals surface area contributed by atoms with Crippen molar-refractivity contribution in [2.75, 3.05) is 0 Å². The maximum Gasteiger partial charge on any atom is 0.0725 e. The Labute approximate surface area is 358 Å². The summed E-state index contributed by atoms with van der Waals surface area (Å²) < 4.78 is 0. The second kappa shape index (κ2) is 11.7. The van der Waals surface area contributed by atoms with Crippen LogP contribution in [0.1, 0.15) is 150 Å². The molecule has 4 aliphatic rings. The largest absolute Gasteiger partial charge is 0.0725 e. The van der Waals surface area contributed by atoms with Crippen LogP contribution in [0.5, 0.6) is 0 Å². The van der Waals surface area contributed by atoms with E-state index < -0.39 is 10.8 Å². The van der Waals surface area contributed by atoms with Crippen molar-refractivity contribution in [1.82, 2.24) is 0 Å². The summed E-state index contributed by atoms with van der Waals surface area (Å²) in [6, 6.07) is 53.7. The molecule has 2 spiro atoms. The van der Waals surface area contributed by atoms with Gasteiger partial charge in [-0.25, -0.2) is 0 Å². The summed E-state index contributed by atoms with van der Waals surface area (Å²) in [5.41, 5.74) is 26.8. The Morgan fingerprint density at radius 1 is 0.233 bits per heavy atom. The molecule has 0 nitrogen and oxygen atoms in total. The van der Waals surface area contributed by atoms with E-state index in [0.29, 0.717) is 0 Å². The molecule has 298 valence electrons. The summed E-state index contributed by atoms with van der Waals surface area (Å²) in [6.45, 7) is 28.3. The fraction of sp³-hybridized carbons (Fsp3) is 0.300. The molecule has 0 bridgehead atoms. The topological polar surface area (TPSA) is 0 Å². The van der Waals surface area contributed by atoms with E-state index >= 15 is 0 Å². The molecule has 7 aromatic rings. The number of hydrogen-bond acceptors (Lipinski definition) is 0. The summed E-state index contributed by atoms with van der Waals surface area (Å²) >= 11 is 0. The van der Waals surface area contributed by atoms with E-state index in [-0.39, 0.29) is 21.7 Å². The zero-order chi connectivity index (χ0) is 42.1. The minimum absolute atomic E-state index is 0.00679. The van der Waals surface area contributed by atoms with Gasteiger partial charge >= 0.3 is 0 Å². The second-order valence-electron chi connectivity index (χ2n) is 22.6. The van der Waals surface area contributed by atoms with Crippen molar-refractivity contribution in [3.05, 3.63) is 200 Å². The lowest BCUT2D eigenvalue weighted by Crippen LogP contribution is -2.28. The van der Waals surface area contributed by atoms with Gasteiger partial charge in [-0.2, -0.15) is 0 Å². The lowest BCUT2D eigenvalue weighted by atomic mass is 9.67. The highest BCUT2D eigenvalue weighted by Gasteiger charge is 2.56. The van der Waals surface area contributed by atoms with E-state index in [2.05, 4.69) is 217 Å². The van der Waals surface area contributed by atoms with Gasteiger partial charge in [0.1, 0.15) is 0 Å². The molecular formula is C60H58. The molecule has 0 atom stereocenters. The quantitative estimate of drug-likeness (QED) is 0.144. The molecule has 0 aromatic heterocycles. The second-order valence-corrected chi connectivity index (χ2v) is 22.6. The molecule has 0 saturated heterocycles. The van der Waals surface area contributed by atoms with Crippen LogP contribution in [0.15, 0.2) is 133 Å². The molecule has 0 N–H and O–H groups in total. The predicted molar refractivity (Wildman–Crippen MR) is 254 cm³/mol. The molecular weight excluding hydrogens is 721 g/mol. The fourth-order valence-electron chi connectivity index (χ4n) is 11.7. The van der Waals surface area contributed by atoms with Crippen molar-refractivity contribution in [3.63, 3.8) is 0 Å². The smallest absolute Gasteiger partial charge is 0.0619 e. The maximum absolute atomic E-state index is 2.67. The fourth-order valence-corrected chi connectivity index (χ4v) is 11.7. The van der Waals surface area contributed by atoms with E-state index in [1.165, 1.54) is 111 Å². The third kappa shape index (κ3) is 4.69. The molecule has 0 heteroatoms. The highest BCUT2D eigenvalue weighted by molar-refractivity contribution is 6.01. The first-order chi connectivity index (χ1) is 28.3. The van der Waals surface area contributed by atoms with Crippen molar-refractivity contribution in [2.45, 2.75) is 116 Å². The highest BCUT2D eigenvalue weighted by Crippen LogP contribution is 2.68. The molecule has 0 unspecified atom stereocenters. The number of fused-ring (bicyclic) bond motifs is 20. The first-order valence-corrected chi connectivity index (χ1v) is 22.3. The molecule has 11 rings (SSSR count). The molecule has 0 heterocycles. The molecule has 4 aliphatic carbocycles. The van der Waals surface area contributed by atoms with Crippen LogP contribution >= 0.6 is 0 Å². The number of benzene rings is 7. The lowest BCUT2D eigenvalue weighted by Gasteiger charge is -2.34. The Bertz CT molecular complexity index is 2670. The zero-order valence-corrected chi connectivity index (χ0v) is 37.7. The average molecular weight is 779 g/mol. The van der Waals surface area contributed by atoms with Crippen LogP contribution in [-0.2, 0) is 32.5 Å². The monoisotopic (exact) mass is 778 g/mol. The Hall–Kier alpha value is -5.46. The standard InChI is InChI=1S/C60H58/c1-55(2,3)35-21-25-41-42-26-22-36(56(4,5)6)30-50(42)59(49(41)29-35)47-19-15-13-17-39(47)45-34-54-46(33-53(45)59)40-18-14-16-20-48(40)60(54)51-31-37(57(7,8)9)23-27-43(51)44-28-24-38(32-52(44)60)58(10,11)12/h13-34H,1-12H3. The van der Waals surface area contributed by atoms with Crippen molar-refractivity contribution in [1.29, 1.82) is 0 Å². The van der Waals surface area contributed by atoms with E-state index in [9.17, 15) is 0 Å². The summed E-state index contributed by atoms with van der Waals surface area (Å²) in [4.78, 5) is 0. The predicted octanol–water partition coefficient (Wildman–Crippen LogP) is 15.6. The molecule has 0 aliphatic heterocycles. The van der Waals surface area contributed by atoms with Crippen LogP contribution in [0, 0.1) is 0 Å². The summed E-state index contributed by atoms with van der Waals surface area (Å²) in [5, 5.41) is 0. The van der Waals surface area contributed by atoms with E-state index in [0.717, 1.165) is 0 Å². The molecule has 0 amide bonds. The SMILES string of the molecule is CC(C)(C)c1ccc2c(c1)C1(c3ccccc3-c3cc4c(cc31)-c1ccccc1C41c3cc(C(C)(C)C)ccc3-c3ccc(C(C)(C)C)cc31)c1cc(C(C)(C)C)ccc1-2. The normalized spacial score (nSPS) is 15.9. The summed E-state index contributed by atoms with van der Waals surface area (Å²) in [6.07, 6.45) is 0.